The van der Waals surface area contributed by atoms with Crippen molar-refractivity contribution in [3.63, 3.8) is 0 Å². The molecule has 1 unspecified atom stereocenters. The van der Waals surface area contributed by atoms with Crippen LogP contribution in [-0.4, -0.2) is 50.3 Å². The van der Waals surface area contributed by atoms with Gasteiger partial charge in [0.25, 0.3) is 0 Å². The zero-order chi connectivity index (χ0) is 13.5. The van der Waals surface area contributed by atoms with Gasteiger partial charge in [0.2, 0.25) is 0 Å². The summed E-state index contributed by atoms with van der Waals surface area (Å²) in [4.78, 5) is 2.59. The summed E-state index contributed by atoms with van der Waals surface area (Å²) in [6.45, 7) is 10.9. The Balaban J connectivity index is 1.65. The molecule has 1 saturated carbocycles. The molecule has 2 aliphatic rings. The van der Waals surface area contributed by atoms with Crippen LogP contribution in [0.15, 0.2) is 0 Å². The molecule has 0 aromatic carbocycles. The van der Waals surface area contributed by atoms with E-state index < -0.39 is 0 Å². The molecule has 2 fully saturated rings. The number of nitrogens with zero attached hydrogens (tertiary/aromatic N) is 1. The third-order valence-corrected chi connectivity index (χ3v) is 4.51. The summed E-state index contributed by atoms with van der Waals surface area (Å²) < 4.78 is 5.72. The SMILES string of the molecule is CC(C)COCCN1CCNC(C2CCCCC2)C1. The predicted octanol–water partition coefficient (Wildman–Crippen LogP) is 2.51. The Kier molecular flexibility index (Phi) is 6.62. The van der Waals surface area contributed by atoms with E-state index in [0.29, 0.717) is 5.92 Å². The average Bonchev–Trinajstić information content (AvgIpc) is 2.45. The van der Waals surface area contributed by atoms with E-state index in [-0.39, 0.29) is 0 Å². The van der Waals surface area contributed by atoms with Crippen LogP contribution in [0.25, 0.3) is 0 Å². The molecule has 1 aliphatic carbocycles. The van der Waals surface area contributed by atoms with Gasteiger partial charge >= 0.3 is 0 Å². The molecule has 0 radical (unpaired) electrons. The van der Waals surface area contributed by atoms with Gasteiger partial charge in [-0.15, -0.1) is 0 Å². The van der Waals surface area contributed by atoms with E-state index in [1.54, 1.807) is 0 Å². The monoisotopic (exact) mass is 268 g/mol. The quantitative estimate of drug-likeness (QED) is 0.749. The van der Waals surface area contributed by atoms with Gasteiger partial charge in [0, 0.05) is 38.8 Å². The van der Waals surface area contributed by atoms with Crippen molar-refractivity contribution in [3.8, 4) is 0 Å². The van der Waals surface area contributed by atoms with Crippen molar-refractivity contribution in [2.24, 2.45) is 11.8 Å². The summed E-state index contributed by atoms with van der Waals surface area (Å²) in [6.07, 6.45) is 7.22. The van der Waals surface area contributed by atoms with Gasteiger partial charge < -0.3 is 10.1 Å². The van der Waals surface area contributed by atoms with Crippen LogP contribution in [0.4, 0.5) is 0 Å². The number of rotatable bonds is 6. The van der Waals surface area contributed by atoms with E-state index in [1.807, 2.05) is 0 Å². The number of ether oxygens (including phenoxy) is 1. The van der Waals surface area contributed by atoms with Crippen LogP contribution in [0.3, 0.4) is 0 Å². The Labute approximate surface area is 119 Å². The normalized spacial score (nSPS) is 27.0. The second kappa shape index (κ2) is 8.23. The lowest BCUT2D eigenvalue weighted by Crippen LogP contribution is -2.54. The summed E-state index contributed by atoms with van der Waals surface area (Å²) in [5.74, 6) is 1.58. The van der Waals surface area contributed by atoms with Crippen LogP contribution in [0.2, 0.25) is 0 Å². The first-order valence-electron chi connectivity index (χ1n) is 8.29. The van der Waals surface area contributed by atoms with Crippen LogP contribution in [0, 0.1) is 11.8 Å². The third-order valence-electron chi connectivity index (χ3n) is 4.51. The zero-order valence-electron chi connectivity index (χ0n) is 12.9. The Hall–Kier alpha value is -0.120. The van der Waals surface area contributed by atoms with Crippen molar-refractivity contribution < 1.29 is 4.74 Å². The third kappa shape index (κ3) is 5.41. The highest BCUT2D eigenvalue weighted by Crippen LogP contribution is 2.27. The van der Waals surface area contributed by atoms with Crippen molar-refractivity contribution in [1.29, 1.82) is 0 Å². The highest BCUT2D eigenvalue weighted by molar-refractivity contribution is 4.85. The Morgan fingerprint density at radius 3 is 2.74 bits per heavy atom. The van der Waals surface area contributed by atoms with E-state index in [4.69, 9.17) is 4.74 Å². The van der Waals surface area contributed by atoms with E-state index in [9.17, 15) is 0 Å². The van der Waals surface area contributed by atoms with Gasteiger partial charge in [0.05, 0.1) is 6.61 Å². The maximum absolute atomic E-state index is 5.72. The van der Waals surface area contributed by atoms with E-state index in [0.717, 1.165) is 38.3 Å². The van der Waals surface area contributed by atoms with Crippen molar-refractivity contribution >= 4 is 0 Å². The summed E-state index contributed by atoms with van der Waals surface area (Å²) in [5.41, 5.74) is 0. The molecule has 3 nitrogen and oxygen atoms in total. The second-order valence-electron chi connectivity index (χ2n) is 6.73. The minimum Gasteiger partial charge on any atom is -0.380 e. The van der Waals surface area contributed by atoms with E-state index in [1.165, 1.54) is 45.2 Å². The molecule has 1 heterocycles. The Morgan fingerprint density at radius 1 is 1.21 bits per heavy atom. The molecule has 2 rings (SSSR count). The maximum atomic E-state index is 5.72. The van der Waals surface area contributed by atoms with Gasteiger partial charge in [-0.3, -0.25) is 4.90 Å². The fraction of sp³-hybridized carbons (Fsp3) is 1.00. The lowest BCUT2D eigenvalue weighted by atomic mass is 9.83. The maximum Gasteiger partial charge on any atom is 0.0593 e. The molecule has 3 heteroatoms. The number of hydrogen-bond donors (Lipinski definition) is 1. The molecule has 1 atom stereocenters. The highest BCUT2D eigenvalue weighted by atomic mass is 16.5. The van der Waals surface area contributed by atoms with Gasteiger partial charge in [-0.05, 0) is 24.7 Å². The first-order valence-corrected chi connectivity index (χ1v) is 8.29. The van der Waals surface area contributed by atoms with Gasteiger partial charge in [0.15, 0.2) is 0 Å². The second-order valence-corrected chi connectivity index (χ2v) is 6.73. The summed E-state index contributed by atoms with van der Waals surface area (Å²) in [7, 11) is 0. The minimum absolute atomic E-state index is 0.651. The fourth-order valence-corrected chi connectivity index (χ4v) is 3.41. The first kappa shape index (κ1) is 15.3. The number of nitrogens with one attached hydrogen (secondary N) is 1. The van der Waals surface area contributed by atoms with Crippen molar-refractivity contribution in [2.75, 3.05) is 39.4 Å². The predicted molar refractivity (Wildman–Crippen MR) is 80.5 cm³/mol. The molecule has 112 valence electrons. The molecule has 1 N–H and O–H groups in total. The van der Waals surface area contributed by atoms with Gasteiger partial charge in [-0.1, -0.05) is 33.1 Å². The van der Waals surface area contributed by atoms with Crippen molar-refractivity contribution in [1.82, 2.24) is 10.2 Å². The summed E-state index contributed by atoms with van der Waals surface area (Å²) in [5, 5.41) is 3.74. The Morgan fingerprint density at radius 2 is 2.00 bits per heavy atom. The van der Waals surface area contributed by atoms with Gasteiger partial charge in [-0.2, -0.15) is 0 Å². The summed E-state index contributed by atoms with van der Waals surface area (Å²) in [6, 6.07) is 0.735. The largest absolute Gasteiger partial charge is 0.380 e. The van der Waals surface area contributed by atoms with Gasteiger partial charge in [-0.25, -0.2) is 0 Å². The Bertz CT molecular complexity index is 239. The molecule has 1 aliphatic heterocycles. The topological polar surface area (TPSA) is 24.5 Å². The lowest BCUT2D eigenvalue weighted by molar-refractivity contribution is 0.0686. The van der Waals surface area contributed by atoms with Crippen LogP contribution in [0.5, 0.6) is 0 Å². The summed E-state index contributed by atoms with van der Waals surface area (Å²) >= 11 is 0. The molecule has 0 spiro atoms. The molecule has 0 aromatic rings. The van der Waals surface area contributed by atoms with Crippen LogP contribution in [0.1, 0.15) is 46.0 Å². The fourth-order valence-electron chi connectivity index (χ4n) is 3.41. The molecular weight excluding hydrogens is 236 g/mol. The van der Waals surface area contributed by atoms with Crippen molar-refractivity contribution in [2.45, 2.75) is 52.0 Å². The van der Waals surface area contributed by atoms with E-state index >= 15 is 0 Å². The smallest absolute Gasteiger partial charge is 0.0593 e. The van der Waals surface area contributed by atoms with E-state index in [2.05, 4.69) is 24.1 Å². The van der Waals surface area contributed by atoms with Crippen LogP contribution >= 0.6 is 0 Å². The lowest BCUT2D eigenvalue weighted by Gasteiger charge is -2.39. The number of hydrogen-bond acceptors (Lipinski definition) is 3. The van der Waals surface area contributed by atoms with Gasteiger partial charge in [0.1, 0.15) is 0 Å². The molecular formula is C16H32N2O. The molecule has 1 saturated heterocycles. The van der Waals surface area contributed by atoms with Crippen molar-refractivity contribution in [3.05, 3.63) is 0 Å². The minimum atomic E-state index is 0.651. The zero-order valence-corrected chi connectivity index (χ0v) is 12.9. The molecule has 0 amide bonds. The first-order chi connectivity index (χ1) is 9.25. The molecule has 0 bridgehead atoms. The molecule has 19 heavy (non-hydrogen) atoms. The number of piperazine rings is 1. The van der Waals surface area contributed by atoms with Crippen LogP contribution in [-0.2, 0) is 4.74 Å². The van der Waals surface area contributed by atoms with Crippen LogP contribution < -0.4 is 5.32 Å². The highest BCUT2D eigenvalue weighted by Gasteiger charge is 2.27. The average molecular weight is 268 g/mol. The molecule has 0 aromatic heterocycles. The standard InChI is InChI=1S/C16H32N2O/c1-14(2)13-19-11-10-18-9-8-17-16(12-18)15-6-4-3-5-7-15/h14-17H,3-13H2,1-2H3.